The number of hydrogen-bond donors (Lipinski definition) is 1. The van der Waals surface area contributed by atoms with Gasteiger partial charge in [0.25, 0.3) is 0 Å². The van der Waals surface area contributed by atoms with E-state index in [0.29, 0.717) is 28.3 Å². The van der Waals surface area contributed by atoms with Crippen molar-refractivity contribution in [1.29, 1.82) is 0 Å². The molecular formula is C20H22ClN3O3. The number of rotatable bonds is 8. The first kappa shape index (κ1) is 19.2. The van der Waals surface area contributed by atoms with Crippen LogP contribution in [0.4, 0.5) is 0 Å². The Morgan fingerprint density at radius 1 is 1.33 bits per heavy atom. The third-order valence-electron chi connectivity index (χ3n) is 3.95. The standard InChI is InChI=1S/C20H22ClN3O3/c1-13(22-14(2)25)3-6-16-7-10-20(24-23-16)27-19-9-8-17(11-18(19)21)26-12-15-4-5-15/h3,6-11,13,15H,4-5,12H2,1-2H3,(H,22,25)/t13-/m0/s1. The van der Waals surface area contributed by atoms with Gasteiger partial charge in [-0.05, 0) is 50.0 Å². The zero-order chi connectivity index (χ0) is 19.2. The molecule has 1 N–H and O–H groups in total. The van der Waals surface area contributed by atoms with E-state index in [9.17, 15) is 4.79 Å². The SMILES string of the molecule is CC(=O)N[C@@H](C)C=Cc1ccc(Oc2ccc(OCC3CC3)cc2Cl)nn1. The summed E-state index contributed by atoms with van der Waals surface area (Å²) in [4.78, 5) is 11.0. The number of hydrogen-bond acceptors (Lipinski definition) is 5. The molecule has 1 aromatic carbocycles. The Kier molecular flexibility index (Phi) is 6.29. The van der Waals surface area contributed by atoms with Crippen LogP contribution in [-0.4, -0.2) is 28.8 Å². The minimum absolute atomic E-state index is 0.0807. The summed E-state index contributed by atoms with van der Waals surface area (Å²) >= 11 is 6.27. The molecule has 1 heterocycles. The molecule has 3 rings (SSSR count). The van der Waals surface area contributed by atoms with Crippen molar-refractivity contribution in [3.63, 3.8) is 0 Å². The highest BCUT2D eigenvalue weighted by atomic mass is 35.5. The van der Waals surface area contributed by atoms with Crippen LogP contribution >= 0.6 is 11.6 Å². The molecule has 6 nitrogen and oxygen atoms in total. The van der Waals surface area contributed by atoms with Gasteiger partial charge in [-0.25, -0.2) is 0 Å². The van der Waals surface area contributed by atoms with E-state index in [1.54, 1.807) is 30.3 Å². The fraction of sp³-hybridized carbons (Fsp3) is 0.350. The molecule has 1 atom stereocenters. The molecule has 1 aliphatic carbocycles. The summed E-state index contributed by atoms with van der Waals surface area (Å²) in [7, 11) is 0. The van der Waals surface area contributed by atoms with Crippen LogP contribution in [0.5, 0.6) is 17.4 Å². The van der Waals surface area contributed by atoms with E-state index in [0.717, 1.165) is 12.4 Å². The molecule has 1 aromatic heterocycles. The first-order valence-corrected chi connectivity index (χ1v) is 9.26. The topological polar surface area (TPSA) is 73.3 Å². The van der Waals surface area contributed by atoms with Gasteiger partial charge in [0.15, 0.2) is 0 Å². The predicted molar refractivity (Wildman–Crippen MR) is 104 cm³/mol. The van der Waals surface area contributed by atoms with E-state index in [4.69, 9.17) is 21.1 Å². The molecule has 0 radical (unpaired) electrons. The number of nitrogens with zero attached hydrogens (tertiary/aromatic N) is 2. The average Bonchev–Trinajstić information content (AvgIpc) is 3.45. The minimum atomic E-state index is -0.0836. The van der Waals surface area contributed by atoms with Crippen LogP contribution in [0.25, 0.3) is 6.08 Å². The van der Waals surface area contributed by atoms with Crippen molar-refractivity contribution in [2.24, 2.45) is 5.92 Å². The van der Waals surface area contributed by atoms with Gasteiger partial charge in [-0.2, -0.15) is 0 Å². The molecule has 1 saturated carbocycles. The van der Waals surface area contributed by atoms with Gasteiger partial charge < -0.3 is 14.8 Å². The maximum absolute atomic E-state index is 11.0. The van der Waals surface area contributed by atoms with Crippen molar-refractivity contribution in [3.05, 3.63) is 47.1 Å². The molecule has 1 aliphatic rings. The third-order valence-corrected chi connectivity index (χ3v) is 4.24. The molecule has 1 fully saturated rings. The summed E-state index contributed by atoms with van der Waals surface area (Å²) in [6.45, 7) is 4.09. The van der Waals surface area contributed by atoms with Crippen LogP contribution < -0.4 is 14.8 Å². The molecule has 0 bridgehead atoms. The Balaban J connectivity index is 1.57. The van der Waals surface area contributed by atoms with Gasteiger partial charge in [-0.3, -0.25) is 4.79 Å². The van der Waals surface area contributed by atoms with Gasteiger partial charge in [0, 0.05) is 25.1 Å². The summed E-state index contributed by atoms with van der Waals surface area (Å²) in [6.07, 6.45) is 6.11. The van der Waals surface area contributed by atoms with Gasteiger partial charge in [0.05, 0.1) is 17.3 Å². The fourth-order valence-corrected chi connectivity index (χ4v) is 2.56. The summed E-state index contributed by atoms with van der Waals surface area (Å²) in [6, 6.07) is 8.74. The number of carbonyl (C=O) groups excluding carboxylic acids is 1. The second-order valence-electron chi connectivity index (χ2n) is 6.59. The van der Waals surface area contributed by atoms with E-state index in [2.05, 4.69) is 15.5 Å². The maximum Gasteiger partial charge on any atom is 0.238 e. The van der Waals surface area contributed by atoms with Gasteiger partial charge in [-0.15, -0.1) is 10.2 Å². The number of ether oxygens (including phenoxy) is 2. The van der Waals surface area contributed by atoms with Crippen molar-refractivity contribution < 1.29 is 14.3 Å². The smallest absolute Gasteiger partial charge is 0.238 e. The Bertz CT molecular complexity index is 820. The number of benzene rings is 1. The van der Waals surface area contributed by atoms with E-state index >= 15 is 0 Å². The van der Waals surface area contributed by atoms with Gasteiger partial charge >= 0.3 is 0 Å². The largest absolute Gasteiger partial charge is 0.493 e. The lowest BCUT2D eigenvalue weighted by atomic mass is 10.2. The normalized spacial score (nSPS) is 14.8. The van der Waals surface area contributed by atoms with E-state index in [1.165, 1.54) is 19.8 Å². The minimum Gasteiger partial charge on any atom is -0.493 e. The molecule has 7 heteroatoms. The lowest BCUT2D eigenvalue weighted by Crippen LogP contribution is -2.28. The van der Waals surface area contributed by atoms with Crippen molar-refractivity contribution in [1.82, 2.24) is 15.5 Å². The number of nitrogens with one attached hydrogen (secondary N) is 1. The Hall–Kier alpha value is -2.60. The van der Waals surface area contributed by atoms with Crippen molar-refractivity contribution >= 4 is 23.6 Å². The lowest BCUT2D eigenvalue weighted by molar-refractivity contribution is -0.119. The highest BCUT2D eigenvalue weighted by Crippen LogP contribution is 2.33. The molecule has 0 unspecified atom stereocenters. The van der Waals surface area contributed by atoms with Crippen LogP contribution in [0.2, 0.25) is 5.02 Å². The summed E-state index contributed by atoms with van der Waals surface area (Å²) in [5.41, 5.74) is 0.662. The van der Waals surface area contributed by atoms with Crippen molar-refractivity contribution in [2.75, 3.05) is 6.61 Å². The van der Waals surface area contributed by atoms with Crippen molar-refractivity contribution in [3.8, 4) is 17.4 Å². The third kappa shape index (κ3) is 6.25. The molecule has 2 aromatic rings. The molecule has 0 saturated heterocycles. The number of carbonyl (C=O) groups is 1. The summed E-state index contributed by atoms with van der Waals surface area (Å²) in [5, 5.41) is 11.3. The van der Waals surface area contributed by atoms with Gasteiger partial charge in [-0.1, -0.05) is 17.7 Å². The van der Waals surface area contributed by atoms with Crippen LogP contribution in [-0.2, 0) is 4.79 Å². The zero-order valence-corrected chi connectivity index (χ0v) is 16.1. The predicted octanol–water partition coefficient (Wildman–Crippen LogP) is 4.25. The van der Waals surface area contributed by atoms with Crippen molar-refractivity contribution in [2.45, 2.75) is 32.7 Å². The lowest BCUT2D eigenvalue weighted by Gasteiger charge is -2.09. The summed E-state index contributed by atoms with van der Waals surface area (Å²) in [5.74, 6) is 2.17. The van der Waals surface area contributed by atoms with Crippen LogP contribution in [0.3, 0.4) is 0 Å². The molecule has 142 valence electrons. The number of halogens is 1. The molecular weight excluding hydrogens is 366 g/mol. The average molecular weight is 388 g/mol. The number of aromatic nitrogens is 2. The fourth-order valence-electron chi connectivity index (χ4n) is 2.35. The Morgan fingerprint density at radius 2 is 2.15 bits per heavy atom. The van der Waals surface area contributed by atoms with E-state index < -0.39 is 0 Å². The van der Waals surface area contributed by atoms with Crippen LogP contribution in [0.1, 0.15) is 32.4 Å². The van der Waals surface area contributed by atoms with E-state index in [1.807, 2.05) is 19.1 Å². The first-order valence-electron chi connectivity index (χ1n) is 8.89. The quantitative estimate of drug-likeness (QED) is 0.733. The second-order valence-corrected chi connectivity index (χ2v) is 7.00. The highest BCUT2D eigenvalue weighted by Gasteiger charge is 2.22. The van der Waals surface area contributed by atoms with Crippen LogP contribution in [0, 0.1) is 5.92 Å². The Labute approximate surface area is 163 Å². The van der Waals surface area contributed by atoms with Crippen LogP contribution in [0.15, 0.2) is 36.4 Å². The Morgan fingerprint density at radius 3 is 2.78 bits per heavy atom. The van der Waals surface area contributed by atoms with Gasteiger partial charge in [0.2, 0.25) is 11.8 Å². The monoisotopic (exact) mass is 387 g/mol. The molecule has 1 amide bonds. The maximum atomic E-state index is 11.0. The molecule has 0 aliphatic heterocycles. The summed E-state index contributed by atoms with van der Waals surface area (Å²) < 4.78 is 11.4. The molecule has 0 spiro atoms. The first-order chi connectivity index (χ1) is 13.0. The second kappa shape index (κ2) is 8.86. The zero-order valence-electron chi connectivity index (χ0n) is 15.3. The highest BCUT2D eigenvalue weighted by molar-refractivity contribution is 6.32. The molecule has 27 heavy (non-hydrogen) atoms. The number of amides is 1. The van der Waals surface area contributed by atoms with E-state index in [-0.39, 0.29) is 11.9 Å². The van der Waals surface area contributed by atoms with Gasteiger partial charge in [0.1, 0.15) is 11.5 Å².